The summed E-state index contributed by atoms with van der Waals surface area (Å²) in [6.45, 7) is 3.31. The van der Waals surface area contributed by atoms with Gasteiger partial charge in [0.1, 0.15) is 6.54 Å². The molecule has 0 unspecified atom stereocenters. The van der Waals surface area contributed by atoms with Crippen LogP contribution in [0.3, 0.4) is 0 Å². The van der Waals surface area contributed by atoms with E-state index in [1.807, 2.05) is 25.9 Å². The van der Waals surface area contributed by atoms with Crippen molar-refractivity contribution in [1.82, 2.24) is 24.9 Å². The van der Waals surface area contributed by atoms with E-state index in [0.29, 0.717) is 31.7 Å². The van der Waals surface area contributed by atoms with E-state index in [1.165, 1.54) is 4.68 Å². The predicted molar refractivity (Wildman–Crippen MR) is 89.7 cm³/mol. The van der Waals surface area contributed by atoms with Crippen molar-refractivity contribution >= 4 is 11.8 Å². The number of aromatic nitrogens is 2. The Labute approximate surface area is 142 Å². The molecule has 1 atom stereocenters. The Hall–Kier alpha value is -1.93. The Kier molecular flexibility index (Phi) is 5.61. The number of aryl methyl sites for hydroxylation is 1. The number of piperidine rings is 1. The number of rotatable bonds is 5. The first-order valence-electron chi connectivity index (χ1n) is 8.15. The molecule has 8 heteroatoms. The van der Waals surface area contributed by atoms with E-state index in [1.54, 1.807) is 18.0 Å². The van der Waals surface area contributed by atoms with E-state index >= 15 is 0 Å². The van der Waals surface area contributed by atoms with Crippen LogP contribution in [0.25, 0.3) is 0 Å². The summed E-state index contributed by atoms with van der Waals surface area (Å²) in [6.07, 6.45) is 1.44. The van der Waals surface area contributed by atoms with Gasteiger partial charge in [-0.2, -0.15) is 5.10 Å². The Morgan fingerprint density at radius 2 is 2.17 bits per heavy atom. The quantitative estimate of drug-likeness (QED) is 0.753. The molecule has 1 fully saturated rings. The molecule has 2 rings (SSSR count). The van der Waals surface area contributed by atoms with Gasteiger partial charge in [0.05, 0.1) is 12.1 Å². The molecule has 1 saturated heterocycles. The molecule has 1 aromatic heterocycles. The molecular formula is C16H27N5O3. The van der Waals surface area contributed by atoms with Crippen LogP contribution in [0.2, 0.25) is 0 Å². The zero-order valence-corrected chi connectivity index (χ0v) is 14.9. The first-order chi connectivity index (χ1) is 11.2. The van der Waals surface area contributed by atoms with E-state index in [0.717, 1.165) is 12.1 Å². The normalized spacial score (nSPS) is 21.2. The Morgan fingerprint density at radius 1 is 1.46 bits per heavy atom. The van der Waals surface area contributed by atoms with Crippen molar-refractivity contribution in [3.63, 3.8) is 0 Å². The van der Waals surface area contributed by atoms with Gasteiger partial charge in [0.15, 0.2) is 5.69 Å². The summed E-state index contributed by atoms with van der Waals surface area (Å²) in [6, 6.07) is 1.69. The second-order valence-electron chi connectivity index (χ2n) is 6.79. The number of nitrogens with one attached hydrogen (secondary N) is 1. The molecular weight excluding hydrogens is 310 g/mol. The SMILES string of the molecule is CNC(=O)Cn1nc(C(=O)N2CCC[C@](O)(CN(C)C)C2)cc1C. The van der Waals surface area contributed by atoms with Gasteiger partial charge in [-0.05, 0) is 39.9 Å². The van der Waals surface area contributed by atoms with Gasteiger partial charge in [-0.3, -0.25) is 14.3 Å². The first kappa shape index (κ1) is 18.4. The minimum atomic E-state index is -0.892. The fourth-order valence-electron chi connectivity index (χ4n) is 3.16. The van der Waals surface area contributed by atoms with Crippen LogP contribution >= 0.6 is 0 Å². The second kappa shape index (κ2) is 7.31. The monoisotopic (exact) mass is 337 g/mol. The summed E-state index contributed by atoms with van der Waals surface area (Å²) in [5.41, 5.74) is 0.171. The standard InChI is InChI=1S/C16H27N5O3/c1-12-8-13(18-21(12)9-14(22)17-2)15(23)20-7-5-6-16(24,11-20)10-19(3)4/h8,24H,5-7,9-11H2,1-4H3,(H,17,22)/t16-/m0/s1. The lowest BCUT2D eigenvalue weighted by atomic mass is 9.92. The molecule has 1 aromatic rings. The number of amides is 2. The Balaban J connectivity index is 2.11. The van der Waals surface area contributed by atoms with E-state index in [4.69, 9.17) is 0 Å². The maximum Gasteiger partial charge on any atom is 0.274 e. The molecule has 2 heterocycles. The number of carbonyl (C=O) groups is 2. The highest BCUT2D eigenvalue weighted by molar-refractivity contribution is 5.92. The van der Waals surface area contributed by atoms with Crippen molar-refractivity contribution in [2.24, 2.45) is 0 Å². The molecule has 0 bridgehead atoms. The highest BCUT2D eigenvalue weighted by atomic mass is 16.3. The molecule has 24 heavy (non-hydrogen) atoms. The fraction of sp³-hybridized carbons (Fsp3) is 0.688. The topological polar surface area (TPSA) is 90.7 Å². The smallest absolute Gasteiger partial charge is 0.274 e. The summed E-state index contributed by atoms with van der Waals surface area (Å²) in [7, 11) is 5.37. The molecule has 0 radical (unpaired) electrons. The van der Waals surface area contributed by atoms with Crippen LogP contribution in [0.15, 0.2) is 6.07 Å². The van der Waals surface area contributed by atoms with E-state index in [2.05, 4.69) is 10.4 Å². The van der Waals surface area contributed by atoms with Crippen LogP contribution in [0, 0.1) is 6.92 Å². The number of likely N-dealkylation sites (tertiary alicyclic amines) is 1. The predicted octanol–water partition coefficient (Wildman–Crippen LogP) is -0.534. The highest BCUT2D eigenvalue weighted by Gasteiger charge is 2.36. The third-order valence-corrected chi connectivity index (χ3v) is 4.23. The molecule has 2 N–H and O–H groups in total. The summed E-state index contributed by atoms with van der Waals surface area (Å²) in [5, 5.41) is 17.5. The minimum Gasteiger partial charge on any atom is -0.387 e. The van der Waals surface area contributed by atoms with E-state index in [9.17, 15) is 14.7 Å². The largest absolute Gasteiger partial charge is 0.387 e. The number of hydrogen-bond donors (Lipinski definition) is 2. The van der Waals surface area contributed by atoms with Gasteiger partial charge in [0.25, 0.3) is 5.91 Å². The molecule has 0 aliphatic carbocycles. The van der Waals surface area contributed by atoms with Crippen LogP contribution < -0.4 is 5.32 Å². The van der Waals surface area contributed by atoms with Gasteiger partial charge in [-0.15, -0.1) is 0 Å². The summed E-state index contributed by atoms with van der Waals surface area (Å²) in [4.78, 5) is 27.8. The number of hydrogen-bond acceptors (Lipinski definition) is 5. The molecule has 8 nitrogen and oxygen atoms in total. The average molecular weight is 337 g/mol. The summed E-state index contributed by atoms with van der Waals surface area (Å²) >= 11 is 0. The maximum atomic E-state index is 12.7. The van der Waals surface area contributed by atoms with Crippen LogP contribution in [0.4, 0.5) is 0 Å². The Bertz CT molecular complexity index is 613. The number of β-amino-alcohol motifs (C(OH)–C–C–N with tert-alkyl or cyclic N) is 1. The van der Waals surface area contributed by atoms with E-state index in [-0.39, 0.29) is 18.4 Å². The second-order valence-corrected chi connectivity index (χ2v) is 6.79. The van der Waals surface area contributed by atoms with Gasteiger partial charge in [0.2, 0.25) is 5.91 Å². The third-order valence-electron chi connectivity index (χ3n) is 4.23. The fourth-order valence-corrected chi connectivity index (χ4v) is 3.16. The van der Waals surface area contributed by atoms with E-state index < -0.39 is 5.60 Å². The summed E-state index contributed by atoms with van der Waals surface area (Å²) < 4.78 is 1.52. The highest BCUT2D eigenvalue weighted by Crippen LogP contribution is 2.23. The molecule has 0 saturated carbocycles. The van der Waals surface area contributed by atoms with Crippen LogP contribution in [-0.2, 0) is 11.3 Å². The van der Waals surface area contributed by atoms with Gasteiger partial charge >= 0.3 is 0 Å². The summed E-state index contributed by atoms with van der Waals surface area (Å²) in [5.74, 6) is -0.371. The van der Waals surface area contributed by atoms with Gasteiger partial charge < -0.3 is 20.2 Å². The van der Waals surface area contributed by atoms with Gasteiger partial charge in [-0.25, -0.2) is 0 Å². The zero-order valence-electron chi connectivity index (χ0n) is 14.9. The Morgan fingerprint density at radius 3 is 2.79 bits per heavy atom. The number of carbonyl (C=O) groups excluding carboxylic acids is 2. The van der Waals surface area contributed by atoms with Gasteiger partial charge in [-0.1, -0.05) is 0 Å². The number of aliphatic hydroxyl groups is 1. The molecule has 0 aromatic carbocycles. The number of nitrogens with zero attached hydrogens (tertiary/aromatic N) is 4. The van der Waals surface area contributed by atoms with Crippen LogP contribution in [0.5, 0.6) is 0 Å². The van der Waals surface area contributed by atoms with Crippen molar-refractivity contribution in [3.8, 4) is 0 Å². The lowest BCUT2D eigenvalue weighted by Crippen LogP contribution is -2.54. The van der Waals surface area contributed by atoms with Crippen molar-refractivity contribution in [1.29, 1.82) is 0 Å². The maximum absolute atomic E-state index is 12.7. The first-order valence-corrected chi connectivity index (χ1v) is 8.15. The molecule has 2 amide bonds. The lowest BCUT2D eigenvalue weighted by Gasteiger charge is -2.40. The average Bonchev–Trinajstić information content (AvgIpc) is 2.86. The minimum absolute atomic E-state index is 0.0835. The van der Waals surface area contributed by atoms with Crippen LogP contribution in [-0.4, -0.2) is 82.9 Å². The third kappa shape index (κ3) is 4.33. The van der Waals surface area contributed by atoms with Crippen molar-refractivity contribution < 1.29 is 14.7 Å². The zero-order chi connectivity index (χ0) is 17.9. The van der Waals surface area contributed by atoms with Crippen LogP contribution in [0.1, 0.15) is 29.0 Å². The van der Waals surface area contributed by atoms with Crippen molar-refractivity contribution in [3.05, 3.63) is 17.5 Å². The molecule has 0 spiro atoms. The number of likely N-dealkylation sites (N-methyl/N-ethyl adjacent to an activating group) is 2. The molecule has 1 aliphatic heterocycles. The lowest BCUT2D eigenvalue weighted by molar-refractivity contribution is -0.121. The van der Waals surface area contributed by atoms with Crippen molar-refractivity contribution in [2.45, 2.75) is 31.9 Å². The molecule has 134 valence electrons. The van der Waals surface area contributed by atoms with Crippen molar-refractivity contribution in [2.75, 3.05) is 40.8 Å². The molecule has 1 aliphatic rings. The van der Waals surface area contributed by atoms with Gasteiger partial charge in [0, 0.05) is 25.8 Å².